The molecule has 1 aliphatic rings. The maximum atomic E-state index is 5.50. The average Bonchev–Trinajstić information content (AvgIpc) is 3.39. The molecule has 1 fully saturated rings. The summed E-state index contributed by atoms with van der Waals surface area (Å²) in [5, 5.41) is 13.3. The van der Waals surface area contributed by atoms with Gasteiger partial charge in [-0.3, -0.25) is 9.58 Å². The van der Waals surface area contributed by atoms with Gasteiger partial charge < -0.3 is 9.30 Å². The minimum Gasteiger partial charge on any atom is -0.496 e. The van der Waals surface area contributed by atoms with E-state index in [0.29, 0.717) is 12.5 Å². The molecule has 2 aromatic heterocycles. The molecular formula is C21H28N6O. The molecule has 1 aliphatic heterocycles. The first kappa shape index (κ1) is 18.7. The van der Waals surface area contributed by atoms with Gasteiger partial charge in [-0.2, -0.15) is 5.10 Å². The second-order valence-corrected chi connectivity index (χ2v) is 7.28. The number of benzene rings is 1. The number of aromatic nitrogens is 5. The van der Waals surface area contributed by atoms with Gasteiger partial charge in [-0.1, -0.05) is 18.2 Å². The van der Waals surface area contributed by atoms with E-state index in [1.807, 2.05) is 29.1 Å². The van der Waals surface area contributed by atoms with Crippen molar-refractivity contribution in [1.29, 1.82) is 0 Å². The minimum absolute atomic E-state index is 0.466. The number of hydrogen-bond donors (Lipinski definition) is 0. The average molecular weight is 380 g/mol. The molecule has 7 heteroatoms. The van der Waals surface area contributed by atoms with Crippen molar-refractivity contribution in [2.75, 3.05) is 20.2 Å². The zero-order valence-corrected chi connectivity index (χ0v) is 16.7. The Balaban J connectivity index is 1.40. The number of piperidine rings is 1. The first-order valence-corrected chi connectivity index (χ1v) is 10.0. The Labute approximate surface area is 165 Å². The topological polar surface area (TPSA) is 61.0 Å². The lowest BCUT2D eigenvalue weighted by molar-refractivity contribution is 0.198. The Morgan fingerprint density at radius 2 is 1.89 bits per heavy atom. The molecule has 0 aliphatic carbocycles. The van der Waals surface area contributed by atoms with E-state index >= 15 is 0 Å². The summed E-state index contributed by atoms with van der Waals surface area (Å²) in [5.74, 6) is 3.55. The lowest BCUT2D eigenvalue weighted by Crippen LogP contribution is -2.33. The van der Waals surface area contributed by atoms with E-state index < -0.39 is 0 Å². The summed E-state index contributed by atoms with van der Waals surface area (Å²) in [6.45, 7) is 6.78. The number of nitrogens with zero attached hydrogens (tertiary/aromatic N) is 6. The summed E-state index contributed by atoms with van der Waals surface area (Å²) in [6.07, 6.45) is 5.97. The number of rotatable bonds is 7. The van der Waals surface area contributed by atoms with Gasteiger partial charge in [0.15, 0.2) is 5.82 Å². The summed E-state index contributed by atoms with van der Waals surface area (Å²) in [7, 11) is 1.74. The molecular weight excluding hydrogens is 352 g/mol. The molecule has 1 aromatic carbocycles. The van der Waals surface area contributed by atoms with Crippen molar-refractivity contribution < 1.29 is 4.74 Å². The third kappa shape index (κ3) is 3.94. The second kappa shape index (κ2) is 8.56. The zero-order chi connectivity index (χ0) is 19.3. The van der Waals surface area contributed by atoms with Crippen molar-refractivity contribution in [3.8, 4) is 5.75 Å². The van der Waals surface area contributed by atoms with Gasteiger partial charge in [-0.15, -0.1) is 10.2 Å². The molecule has 0 unspecified atom stereocenters. The van der Waals surface area contributed by atoms with Crippen LogP contribution >= 0.6 is 0 Å². The minimum atomic E-state index is 0.466. The third-order valence-electron chi connectivity index (χ3n) is 5.57. The number of hydrogen-bond acceptors (Lipinski definition) is 5. The molecule has 0 saturated carbocycles. The van der Waals surface area contributed by atoms with E-state index in [9.17, 15) is 0 Å². The highest BCUT2D eigenvalue weighted by Crippen LogP contribution is 2.29. The van der Waals surface area contributed by atoms with Crippen LogP contribution in [0.2, 0.25) is 0 Å². The summed E-state index contributed by atoms with van der Waals surface area (Å²) < 4.78 is 9.66. The highest BCUT2D eigenvalue weighted by molar-refractivity contribution is 5.33. The van der Waals surface area contributed by atoms with Gasteiger partial charge >= 0.3 is 0 Å². The van der Waals surface area contributed by atoms with Crippen molar-refractivity contribution in [2.45, 2.75) is 45.3 Å². The number of para-hydroxylation sites is 1. The third-order valence-corrected chi connectivity index (χ3v) is 5.57. The van der Waals surface area contributed by atoms with Gasteiger partial charge in [-0.05, 0) is 45.0 Å². The largest absolute Gasteiger partial charge is 0.496 e. The van der Waals surface area contributed by atoms with Gasteiger partial charge in [0, 0.05) is 37.0 Å². The Morgan fingerprint density at radius 1 is 1.07 bits per heavy atom. The Hall–Kier alpha value is -2.67. The SMILES string of the molecule is CCn1c(Cn2cccn2)nnc1C1CCN(Cc2ccccc2OC)CC1. The van der Waals surface area contributed by atoms with Crippen LogP contribution in [0.25, 0.3) is 0 Å². The number of ether oxygens (including phenoxy) is 1. The summed E-state index contributed by atoms with van der Waals surface area (Å²) >= 11 is 0. The van der Waals surface area contributed by atoms with Crippen LogP contribution in [0.1, 0.15) is 42.9 Å². The van der Waals surface area contributed by atoms with Crippen molar-refractivity contribution in [1.82, 2.24) is 29.4 Å². The monoisotopic (exact) mass is 380 g/mol. The maximum absolute atomic E-state index is 5.50. The molecule has 0 amide bonds. The molecule has 0 N–H and O–H groups in total. The van der Waals surface area contributed by atoms with Crippen LogP contribution < -0.4 is 4.74 Å². The predicted octanol–water partition coefficient (Wildman–Crippen LogP) is 2.93. The van der Waals surface area contributed by atoms with Gasteiger partial charge in [0.25, 0.3) is 0 Å². The molecule has 7 nitrogen and oxygen atoms in total. The Kier molecular flexibility index (Phi) is 5.71. The standard InChI is InChI=1S/C21H28N6O/c1-3-27-20(16-26-12-6-11-22-26)23-24-21(27)17-9-13-25(14-10-17)15-18-7-4-5-8-19(18)28-2/h4-8,11-12,17H,3,9-10,13-16H2,1-2H3. The van der Waals surface area contributed by atoms with E-state index in [1.54, 1.807) is 13.3 Å². The molecule has 3 heterocycles. The smallest absolute Gasteiger partial charge is 0.154 e. The maximum Gasteiger partial charge on any atom is 0.154 e. The number of likely N-dealkylation sites (tertiary alicyclic amines) is 1. The number of methoxy groups -OCH3 is 1. The van der Waals surface area contributed by atoms with Crippen molar-refractivity contribution in [2.24, 2.45) is 0 Å². The van der Waals surface area contributed by atoms with Crippen LogP contribution in [-0.4, -0.2) is 49.6 Å². The van der Waals surface area contributed by atoms with Crippen LogP contribution in [-0.2, 0) is 19.6 Å². The van der Waals surface area contributed by atoms with Crippen molar-refractivity contribution >= 4 is 0 Å². The molecule has 1 saturated heterocycles. The summed E-state index contributed by atoms with van der Waals surface area (Å²) in [4.78, 5) is 2.51. The van der Waals surface area contributed by atoms with Gasteiger partial charge in [0.1, 0.15) is 18.1 Å². The lowest BCUT2D eigenvalue weighted by atomic mass is 9.95. The molecule has 148 valence electrons. The van der Waals surface area contributed by atoms with Gasteiger partial charge in [0.05, 0.1) is 7.11 Å². The fraction of sp³-hybridized carbons (Fsp3) is 0.476. The second-order valence-electron chi connectivity index (χ2n) is 7.28. The highest BCUT2D eigenvalue weighted by atomic mass is 16.5. The van der Waals surface area contributed by atoms with Crippen LogP contribution in [0.4, 0.5) is 0 Å². The molecule has 0 atom stereocenters. The zero-order valence-electron chi connectivity index (χ0n) is 16.7. The summed E-state index contributed by atoms with van der Waals surface area (Å²) in [5.41, 5.74) is 1.25. The molecule has 3 aromatic rings. The first-order valence-electron chi connectivity index (χ1n) is 10.0. The lowest BCUT2D eigenvalue weighted by Gasteiger charge is -2.32. The summed E-state index contributed by atoms with van der Waals surface area (Å²) in [6, 6.07) is 10.2. The van der Waals surface area contributed by atoms with Gasteiger partial charge in [0.2, 0.25) is 0 Å². The van der Waals surface area contributed by atoms with Crippen molar-refractivity contribution in [3.05, 3.63) is 59.9 Å². The van der Waals surface area contributed by atoms with Crippen LogP contribution in [0, 0.1) is 0 Å². The van der Waals surface area contributed by atoms with Crippen LogP contribution in [0.5, 0.6) is 5.75 Å². The van der Waals surface area contributed by atoms with E-state index in [1.165, 1.54) is 5.56 Å². The normalized spacial score (nSPS) is 15.8. The van der Waals surface area contributed by atoms with E-state index in [-0.39, 0.29) is 0 Å². The Bertz CT molecular complexity index is 880. The van der Waals surface area contributed by atoms with Crippen LogP contribution in [0.15, 0.2) is 42.7 Å². The van der Waals surface area contributed by atoms with E-state index in [0.717, 1.165) is 56.4 Å². The fourth-order valence-corrected chi connectivity index (χ4v) is 4.08. The molecule has 0 radical (unpaired) electrons. The van der Waals surface area contributed by atoms with E-state index in [4.69, 9.17) is 4.74 Å². The highest BCUT2D eigenvalue weighted by Gasteiger charge is 2.26. The predicted molar refractivity (Wildman–Crippen MR) is 107 cm³/mol. The molecule has 0 spiro atoms. The van der Waals surface area contributed by atoms with E-state index in [2.05, 4.69) is 43.8 Å². The first-order chi connectivity index (χ1) is 13.8. The molecule has 0 bridgehead atoms. The quantitative estimate of drug-likeness (QED) is 0.631. The van der Waals surface area contributed by atoms with Crippen molar-refractivity contribution in [3.63, 3.8) is 0 Å². The van der Waals surface area contributed by atoms with Gasteiger partial charge in [-0.25, -0.2) is 0 Å². The molecule has 4 rings (SSSR count). The Morgan fingerprint density at radius 3 is 2.61 bits per heavy atom. The molecule has 28 heavy (non-hydrogen) atoms. The van der Waals surface area contributed by atoms with Crippen LogP contribution in [0.3, 0.4) is 0 Å². The fourth-order valence-electron chi connectivity index (χ4n) is 4.08.